The van der Waals surface area contributed by atoms with Gasteiger partial charge in [-0.15, -0.1) is 0 Å². The van der Waals surface area contributed by atoms with Crippen molar-refractivity contribution in [3.8, 4) is 0 Å². The number of rotatable bonds is 10. The number of aliphatic carboxylic acids is 2. The van der Waals surface area contributed by atoms with E-state index in [4.69, 9.17) is 10.2 Å². The first kappa shape index (κ1) is 18.3. The van der Waals surface area contributed by atoms with Crippen molar-refractivity contribution in [1.82, 2.24) is 0 Å². The molecule has 0 aromatic heterocycles. The highest BCUT2D eigenvalue weighted by Gasteiger charge is 2.14. The first-order valence-electron chi connectivity index (χ1n) is 7.08. The third-order valence-electron chi connectivity index (χ3n) is 3.13. The number of nitrogens with zero attached hydrogens (tertiary/aromatic N) is 1. The fourth-order valence-electron chi connectivity index (χ4n) is 1.95. The molecule has 0 heterocycles. The number of benzene rings is 1. The van der Waals surface area contributed by atoms with Gasteiger partial charge in [0.25, 0.3) is 0 Å². The third kappa shape index (κ3) is 7.16. The summed E-state index contributed by atoms with van der Waals surface area (Å²) in [6.45, 7) is 0. The summed E-state index contributed by atoms with van der Waals surface area (Å²) >= 11 is 0. The van der Waals surface area contributed by atoms with Crippen LogP contribution in [0.5, 0.6) is 0 Å². The fraction of sp³-hybridized carbons (Fsp3) is 0.400. The molecule has 1 aromatic rings. The van der Waals surface area contributed by atoms with Gasteiger partial charge in [0, 0.05) is 24.9 Å². The monoisotopic (exact) mass is 322 g/mol. The number of carbonyl (C=O) groups is 3. The quantitative estimate of drug-likeness (QED) is 0.567. The molecule has 23 heavy (non-hydrogen) atoms. The van der Waals surface area contributed by atoms with Gasteiger partial charge in [0.15, 0.2) is 0 Å². The van der Waals surface area contributed by atoms with Crippen molar-refractivity contribution >= 4 is 23.5 Å². The smallest absolute Gasteiger partial charge is 0.303 e. The molecule has 1 amide bonds. The number of hydrogen-bond donors (Lipinski definition) is 3. The number of nitroso groups, excluding NO2 is 1. The van der Waals surface area contributed by atoms with Crippen LogP contribution in [-0.2, 0) is 14.4 Å². The lowest BCUT2D eigenvalue weighted by atomic mass is 10.0. The highest BCUT2D eigenvalue weighted by Crippen LogP contribution is 2.24. The lowest BCUT2D eigenvalue weighted by molar-refractivity contribution is -0.138. The van der Waals surface area contributed by atoms with Crippen LogP contribution in [0.25, 0.3) is 0 Å². The molecular formula is C15H18N2O6. The zero-order valence-electron chi connectivity index (χ0n) is 12.4. The molecule has 0 saturated carbocycles. The van der Waals surface area contributed by atoms with Crippen molar-refractivity contribution in [3.05, 3.63) is 34.7 Å². The molecule has 1 unspecified atom stereocenters. The number of carboxylic acid groups (broad SMARTS) is 2. The van der Waals surface area contributed by atoms with Gasteiger partial charge in [-0.25, -0.2) is 0 Å². The van der Waals surface area contributed by atoms with Crippen molar-refractivity contribution in [3.63, 3.8) is 0 Å². The van der Waals surface area contributed by atoms with Crippen LogP contribution in [0.15, 0.2) is 29.4 Å². The average Bonchev–Trinajstić information content (AvgIpc) is 2.48. The van der Waals surface area contributed by atoms with E-state index < -0.39 is 18.0 Å². The van der Waals surface area contributed by atoms with Gasteiger partial charge in [-0.1, -0.05) is 17.3 Å². The zero-order chi connectivity index (χ0) is 17.2. The van der Waals surface area contributed by atoms with E-state index in [1.165, 1.54) is 0 Å². The molecule has 0 fully saturated rings. The molecular weight excluding hydrogens is 304 g/mol. The predicted octanol–water partition coefficient (Wildman–Crippen LogP) is 2.55. The molecule has 0 radical (unpaired) electrons. The Bertz CT molecular complexity index is 570. The zero-order valence-corrected chi connectivity index (χ0v) is 12.4. The molecule has 0 aliphatic carbocycles. The van der Waals surface area contributed by atoms with Crippen LogP contribution in [0.2, 0.25) is 0 Å². The summed E-state index contributed by atoms with van der Waals surface area (Å²) in [6.07, 6.45) is 0.248. The van der Waals surface area contributed by atoms with Gasteiger partial charge in [-0.2, -0.15) is 4.91 Å². The van der Waals surface area contributed by atoms with Gasteiger partial charge in [0.1, 0.15) is 6.04 Å². The highest BCUT2D eigenvalue weighted by molar-refractivity contribution is 5.90. The van der Waals surface area contributed by atoms with Gasteiger partial charge in [-0.3, -0.25) is 14.4 Å². The van der Waals surface area contributed by atoms with Crippen molar-refractivity contribution in [1.29, 1.82) is 0 Å². The second-order valence-electron chi connectivity index (χ2n) is 4.97. The summed E-state index contributed by atoms with van der Waals surface area (Å²) in [5.41, 5.74) is 1.09. The van der Waals surface area contributed by atoms with Crippen molar-refractivity contribution in [2.75, 3.05) is 5.32 Å². The summed E-state index contributed by atoms with van der Waals surface area (Å²) in [4.78, 5) is 43.3. The van der Waals surface area contributed by atoms with E-state index in [-0.39, 0.29) is 38.0 Å². The molecule has 1 aromatic carbocycles. The Morgan fingerprint density at radius 1 is 1.00 bits per heavy atom. The fourth-order valence-corrected chi connectivity index (χ4v) is 1.95. The summed E-state index contributed by atoms with van der Waals surface area (Å²) < 4.78 is 0. The maximum atomic E-state index is 11.6. The Balaban J connectivity index is 2.54. The lowest BCUT2D eigenvalue weighted by Crippen LogP contribution is -2.12. The van der Waals surface area contributed by atoms with Crippen LogP contribution in [0.1, 0.15) is 43.7 Å². The maximum absolute atomic E-state index is 11.6. The molecule has 8 heteroatoms. The number of nitrogens with one attached hydrogen (secondary N) is 1. The van der Waals surface area contributed by atoms with E-state index in [9.17, 15) is 19.3 Å². The highest BCUT2D eigenvalue weighted by atomic mass is 16.4. The largest absolute Gasteiger partial charge is 0.481 e. The van der Waals surface area contributed by atoms with Crippen LogP contribution in [0.4, 0.5) is 5.69 Å². The predicted molar refractivity (Wildman–Crippen MR) is 82.0 cm³/mol. The number of carboxylic acids is 2. The molecule has 1 rings (SSSR count). The van der Waals surface area contributed by atoms with Crippen molar-refractivity contribution < 1.29 is 24.6 Å². The average molecular weight is 322 g/mol. The molecule has 0 spiro atoms. The van der Waals surface area contributed by atoms with Gasteiger partial charge in [-0.05, 0) is 30.5 Å². The molecule has 8 nitrogen and oxygen atoms in total. The summed E-state index contributed by atoms with van der Waals surface area (Å²) in [5.74, 6) is -2.24. The molecule has 1 atom stereocenters. The lowest BCUT2D eigenvalue weighted by Gasteiger charge is -2.10. The van der Waals surface area contributed by atoms with Crippen molar-refractivity contribution in [2.24, 2.45) is 5.18 Å². The van der Waals surface area contributed by atoms with Crippen LogP contribution < -0.4 is 5.32 Å². The Labute approximate surface area is 132 Å². The third-order valence-corrected chi connectivity index (χ3v) is 3.13. The Morgan fingerprint density at radius 2 is 1.61 bits per heavy atom. The minimum Gasteiger partial charge on any atom is -0.481 e. The van der Waals surface area contributed by atoms with E-state index >= 15 is 0 Å². The van der Waals surface area contributed by atoms with E-state index in [2.05, 4.69) is 10.5 Å². The topological polar surface area (TPSA) is 133 Å². The molecule has 0 bridgehead atoms. The van der Waals surface area contributed by atoms with E-state index in [1.807, 2.05) is 0 Å². The number of carbonyl (C=O) groups excluding carboxylic acids is 1. The first-order chi connectivity index (χ1) is 10.9. The van der Waals surface area contributed by atoms with Crippen molar-refractivity contribution in [2.45, 2.75) is 38.1 Å². The van der Waals surface area contributed by atoms with E-state index in [0.717, 1.165) is 0 Å². The van der Waals surface area contributed by atoms with Gasteiger partial charge >= 0.3 is 11.9 Å². The summed E-state index contributed by atoms with van der Waals surface area (Å²) in [7, 11) is 0. The van der Waals surface area contributed by atoms with Crippen LogP contribution >= 0.6 is 0 Å². The standard InChI is InChI=1S/C15H18N2O6/c18-13(2-1-3-14(19)20)16-11-6-4-10(5-7-11)12(17-23)8-9-15(21)22/h4-7,12H,1-3,8-9H2,(H,16,18)(H,19,20)(H,21,22). The second-order valence-corrected chi connectivity index (χ2v) is 4.97. The number of amides is 1. The normalized spacial score (nSPS) is 11.5. The van der Waals surface area contributed by atoms with Gasteiger partial charge in [0.2, 0.25) is 5.91 Å². The van der Waals surface area contributed by atoms with E-state index in [1.54, 1.807) is 24.3 Å². The molecule has 0 aliphatic heterocycles. The first-order valence-corrected chi connectivity index (χ1v) is 7.08. The minimum atomic E-state index is -0.996. The second kappa shape index (κ2) is 9.29. The van der Waals surface area contributed by atoms with Gasteiger partial charge < -0.3 is 15.5 Å². The van der Waals surface area contributed by atoms with Crippen LogP contribution in [0.3, 0.4) is 0 Å². The van der Waals surface area contributed by atoms with Gasteiger partial charge in [0.05, 0.1) is 0 Å². The van der Waals surface area contributed by atoms with E-state index in [0.29, 0.717) is 11.3 Å². The van der Waals surface area contributed by atoms with Crippen LogP contribution in [-0.4, -0.2) is 28.1 Å². The molecule has 0 saturated heterocycles. The summed E-state index contributed by atoms with van der Waals surface area (Å²) in [5, 5.41) is 22.7. The molecule has 124 valence electrons. The Hall–Kier alpha value is -2.77. The Kier molecular flexibility index (Phi) is 7.38. The minimum absolute atomic E-state index is 0.0668. The van der Waals surface area contributed by atoms with Crippen LogP contribution in [0, 0.1) is 4.91 Å². The maximum Gasteiger partial charge on any atom is 0.303 e. The number of hydrogen-bond acceptors (Lipinski definition) is 5. The Morgan fingerprint density at radius 3 is 2.13 bits per heavy atom. The SMILES string of the molecule is O=NC(CCC(=O)O)c1ccc(NC(=O)CCCC(=O)O)cc1. The molecule has 3 N–H and O–H groups in total. The molecule has 0 aliphatic rings. The number of anilines is 1. The summed E-state index contributed by atoms with van der Waals surface area (Å²) in [6, 6.07) is 5.63.